The molecule has 0 aromatic heterocycles. The van der Waals surface area contributed by atoms with Gasteiger partial charge in [-0.2, -0.15) is 0 Å². The Bertz CT molecular complexity index is 2850. The Labute approximate surface area is 336 Å². The maximum Gasteiger partial charge on any atom is 0.0540 e. The summed E-state index contributed by atoms with van der Waals surface area (Å²) in [7, 11) is 0. The second kappa shape index (κ2) is 16.3. The number of anilines is 3. The molecule has 0 aliphatic heterocycles. The zero-order chi connectivity index (χ0) is 38.4. The van der Waals surface area contributed by atoms with Gasteiger partial charge in [0.25, 0.3) is 0 Å². The minimum absolute atomic E-state index is 0.924. The van der Waals surface area contributed by atoms with E-state index in [4.69, 9.17) is 0 Å². The molecular weight excluding hydrogens is 687 g/mol. The van der Waals surface area contributed by atoms with E-state index in [1.165, 1.54) is 60.5 Å². The molecule has 0 amide bonds. The fourth-order valence-electron chi connectivity index (χ4n) is 8.05. The summed E-state index contributed by atoms with van der Waals surface area (Å²) in [6.07, 6.45) is 18.6. The van der Waals surface area contributed by atoms with Gasteiger partial charge in [-0.1, -0.05) is 206 Å². The van der Waals surface area contributed by atoms with Gasteiger partial charge in [0.05, 0.1) is 11.4 Å². The van der Waals surface area contributed by atoms with E-state index in [1.807, 2.05) is 0 Å². The monoisotopic (exact) mass is 729 g/mol. The maximum absolute atomic E-state index is 2.43. The highest BCUT2D eigenvalue weighted by Crippen LogP contribution is 2.44. The van der Waals surface area contributed by atoms with Crippen LogP contribution in [0.15, 0.2) is 218 Å². The third kappa shape index (κ3) is 7.44. The average molecular weight is 730 g/mol. The molecule has 0 radical (unpaired) electrons. The number of benzene rings is 8. The van der Waals surface area contributed by atoms with Crippen LogP contribution in [0.1, 0.15) is 34.7 Å². The summed E-state index contributed by atoms with van der Waals surface area (Å²) >= 11 is 0. The van der Waals surface area contributed by atoms with Gasteiger partial charge < -0.3 is 4.90 Å². The average Bonchev–Trinajstić information content (AvgIpc) is 3.53. The predicted molar refractivity (Wildman–Crippen MR) is 247 cm³/mol. The van der Waals surface area contributed by atoms with Crippen LogP contribution in [0, 0.1) is 0 Å². The summed E-state index contributed by atoms with van der Waals surface area (Å²) in [5.41, 5.74) is 14.5. The molecule has 0 unspecified atom stereocenters. The Kier molecular flexibility index (Phi) is 10.1. The van der Waals surface area contributed by atoms with Crippen LogP contribution in [0.2, 0.25) is 0 Å². The molecule has 0 saturated heterocycles. The van der Waals surface area contributed by atoms with Crippen LogP contribution in [-0.2, 0) is 6.42 Å². The van der Waals surface area contributed by atoms with Gasteiger partial charge in [-0.15, -0.1) is 0 Å². The van der Waals surface area contributed by atoms with Crippen molar-refractivity contribution in [2.45, 2.75) is 13.3 Å². The van der Waals surface area contributed by atoms with Gasteiger partial charge in [0.1, 0.15) is 0 Å². The lowest BCUT2D eigenvalue weighted by molar-refractivity contribution is 1.24. The van der Waals surface area contributed by atoms with Crippen LogP contribution in [0.4, 0.5) is 17.1 Å². The van der Waals surface area contributed by atoms with Crippen molar-refractivity contribution in [1.29, 1.82) is 0 Å². The van der Waals surface area contributed by atoms with Crippen LogP contribution in [0.3, 0.4) is 0 Å². The zero-order valence-corrected chi connectivity index (χ0v) is 32.1. The van der Waals surface area contributed by atoms with Crippen molar-refractivity contribution in [2.24, 2.45) is 0 Å². The summed E-state index contributed by atoms with van der Waals surface area (Å²) in [5, 5.41) is 4.84. The Morgan fingerprint density at radius 2 is 1.23 bits per heavy atom. The van der Waals surface area contributed by atoms with Crippen molar-refractivity contribution in [3.05, 3.63) is 246 Å². The van der Waals surface area contributed by atoms with Crippen molar-refractivity contribution in [2.75, 3.05) is 4.90 Å². The van der Waals surface area contributed by atoms with E-state index in [0.29, 0.717) is 0 Å². The number of fused-ring (bicyclic) bond motifs is 3. The molecule has 272 valence electrons. The summed E-state index contributed by atoms with van der Waals surface area (Å²) in [6.45, 7) is 2.22. The molecule has 8 aromatic rings. The molecular formula is C56H43N. The Morgan fingerprint density at radius 3 is 2.05 bits per heavy atom. The van der Waals surface area contributed by atoms with E-state index in [1.54, 1.807) is 0 Å². The quantitative estimate of drug-likeness (QED) is 0.134. The SMILES string of the molecule is C\C(=C/C=C(\C=C\c1ccccc1)c1ccc(N(c2cccc3ccccc23)c2ccc(-c3ccccc3)c3ccccc23)cc1)c1cccc2c1CC=CC=C2. The largest absolute Gasteiger partial charge is 0.309 e. The summed E-state index contributed by atoms with van der Waals surface area (Å²) in [5.74, 6) is 0. The minimum atomic E-state index is 0.924. The molecule has 57 heavy (non-hydrogen) atoms. The molecule has 8 aromatic carbocycles. The van der Waals surface area contributed by atoms with Crippen molar-refractivity contribution in [3.63, 3.8) is 0 Å². The number of hydrogen-bond donors (Lipinski definition) is 0. The van der Waals surface area contributed by atoms with E-state index >= 15 is 0 Å². The highest BCUT2D eigenvalue weighted by Gasteiger charge is 2.19. The Balaban J connectivity index is 1.17. The zero-order valence-electron chi connectivity index (χ0n) is 32.1. The smallest absolute Gasteiger partial charge is 0.0540 e. The van der Waals surface area contributed by atoms with Gasteiger partial charge in [0.15, 0.2) is 0 Å². The highest BCUT2D eigenvalue weighted by atomic mass is 15.1. The second-order valence-corrected chi connectivity index (χ2v) is 14.5. The van der Waals surface area contributed by atoms with Crippen molar-refractivity contribution < 1.29 is 0 Å². The predicted octanol–water partition coefficient (Wildman–Crippen LogP) is 15.5. The summed E-state index contributed by atoms with van der Waals surface area (Å²) in [4.78, 5) is 2.43. The summed E-state index contributed by atoms with van der Waals surface area (Å²) in [6, 6.07) is 65.6. The molecule has 0 heterocycles. The van der Waals surface area contributed by atoms with Crippen LogP contribution < -0.4 is 4.90 Å². The van der Waals surface area contributed by atoms with Gasteiger partial charge in [-0.25, -0.2) is 0 Å². The molecule has 0 bridgehead atoms. The van der Waals surface area contributed by atoms with Crippen LogP contribution in [-0.4, -0.2) is 0 Å². The van der Waals surface area contributed by atoms with Crippen LogP contribution >= 0.6 is 0 Å². The standard InChI is InChI=1S/C56H43N/c1-41(49-29-15-23-46-21-9-4-10-25-50(46)49)31-33-43(34-32-42-17-5-2-6-18-42)44-35-37-48(38-36-44)57(55-30-16-24-47-22-11-12-26-52(47)55)56-40-39-51(45-19-7-3-8-20-45)53-27-13-14-28-54(53)56/h2-24,26-40H,25H2,1H3/b34-32+,41-31+,43-33+. The lowest BCUT2D eigenvalue weighted by Crippen LogP contribution is -2.11. The van der Waals surface area contributed by atoms with Gasteiger partial charge in [-0.3, -0.25) is 0 Å². The van der Waals surface area contributed by atoms with Crippen molar-refractivity contribution >= 4 is 61.9 Å². The first-order valence-electron chi connectivity index (χ1n) is 19.7. The lowest BCUT2D eigenvalue weighted by atomic mass is 9.93. The molecule has 9 rings (SSSR count). The van der Waals surface area contributed by atoms with Crippen molar-refractivity contribution in [1.82, 2.24) is 0 Å². The van der Waals surface area contributed by atoms with Gasteiger partial charge in [0, 0.05) is 16.5 Å². The molecule has 0 spiro atoms. The van der Waals surface area contributed by atoms with E-state index in [0.717, 1.165) is 34.6 Å². The van der Waals surface area contributed by atoms with Crippen molar-refractivity contribution in [3.8, 4) is 11.1 Å². The molecule has 1 heteroatoms. The third-order valence-corrected chi connectivity index (χ3v) is 10.9. The number of hydrogen-bond acceptors (Lipinski definition) is 1. The molecule has 0 saturated carbocycles. The first-order chi connectivity index (χ1) is 28.2. The molecule has 0 fully saturated rings. The lowest BCUT2D eigenvalue weighted by Gasteiger charge is -2.29. The molecule has 1 aliphatic rings. The topological polar surface area (TPSA) is 3.24 Å². The molecule has 0 N–H and O–H groups in total. The Hall–Kier alpha value is -7.22. The van der Waals surface area contributed by atoms with Crippen LogP contribution in [0.5, 0.6) is 0 Å². The minimum Gasteiger partial charge on any atom is -0.309 e. The molecule has 1 aliphatic carbocycles. The van der Waals surface area contributed by atoms with Gasteiger partial charge in [0.2, 0.25) is 0 Å². The van der Waals surface area contributed by atoms with E-state index in [9.17, 15) is 0 Å². The van der Waals surface area contributed by atoms with E-state index < -0.39 is 0 Å². The fourth-order valence-corrected chi connectivity index (χ4v) is 8.05. The first-order valence-corrected chi connectivity index (χ1v) is 19.7. The van der Waals surface area contributed by atoms with Gasteiger partial charge >= 0.3 is 0 Å². The van der Waals surface area contributed by atoms with Gasteiger partial charge in [-0.05, 0) is 98.5 Å². The fraction of sp³-hybridized carbons (Fsp3) is 0.0357. The van der Waals surface area contributed by atoms with Crippen LogP contribution in [0.25, 0.3) is 56.0 Å². The second-order valence-electron chi connectivity index (χ2n) is 14.5. The summed E-state index contributed by atoms with van der Waals surface area (Å²) < 4.78 is 0. The normalized spacial score (nSPS) is 12.9. The highest BCUT2D eigenvalue weighted by molar-refractivity contribution is 6.08. The van der Waals surface area contributed by atoms with E-state index in [2.05, 4.69) is 242 Å². The number of rotatable bonds is 9. The number of allylic oxidation sites excluding steroid dienone is 8. The number of nitrogens with zero attached hydrogens (tertiary/aromatic N) is 1. The van der Waals surface area contributed by atoms with E-state index in [-0.39, 0.29) is 0 Å². The first kappa shape index (κ1) is 35.5. The Morgan fingerprint density at radius 1 is 0.544 bits per heavy atom. The molecule has 0 atom stereocenters. The maximum atomic E-state index is 2.43. The third-order valence-electron chi connectivity index (χ3n) is 10.9. The molecule has 1 nitrogen and oxygen atoms in total.